The van der Waals surface area contributed by atoms with Crippen LogP contribution in [0.2, 0.25) is 0 Å². The maximum absolute atomic E-state index is 10.00. The summed E-state index contributed by atoms with van der Waals surface area (Å²) in [5, 5.41) is 10.00. The van der Waals surface area contributed by atoms with E-state index in [1.807, 2.05) is 34.6 Å². The van der Waals surface area contributed by atoms with Gasteiger partial charge in [0.25, 0.3) is 0 Å². The molecule has 0 radical (unpaired) electrons. The zero-order chi connectivity index (χ0) is 9.78. The largest absolute Gasteiger partial charge is 0.384 e. The Morgan fingerprint density at radius 1 is 1.33 bits per heavy atom. The minimum Gasteiger partial charge on any atom is -0.384 e. The Hall–Kier alpha value is -0.370. The van der Waals surface area contributed by atoms with Crippen molar-refractivity contribution in [3.8, 4) is 0 Å². The molecule has 1 N–H and O–H groups in total. The smallest absolute Gasteiger partial charge is 0.101 e. The van der Waals surface area contributed by atoms with Crippen molar-refractivity contribution in [3.05, 3.63) is 0 Å². The topological polar surface area (TPSA) is 32.6 Å². The zero-order valence-electron chi connectivity index (χ0n) is 8.83. The lowest BCUT2D eigenvalue weighted by Crippen LogP contribution is -2.36. The molecule has 12 heavy (non-hydrogen) atoms. The molecule has 0 aromatic rings. The van der Waals surface area contributed by atoms with Crippen LogP contribution in [-0.4, -0.2) is 23.0 Å². The second kappa shape index (κ2) is 4.61. The van der Waals surface area contributed by atoms with E-state index in [1.165, 1.54) is 0 Å². The van der Waals surface area contributed by atoms with Crippen LogP contribution in [-0.2, 0) is 0 Å². The van der Waals surface area contributed by atoms with Gasteiger partial charge in [-0.25, -0.2) is 0 Å². The van der Waals surface area contributed by atoms with E-state index in [4.69, 9.17) is 0 Å². The van der Waals surface area contributed by atoms with Crippen molar-refractivity contribution in [3.63, 3.8) is 0 Å². The molecule has 0 amide bonds. The summed E-state index contributed by atoms with van der Waals surface area (Å²) >= 11 is 0. The van der Waals surface area contributed by atoms with Crippen molar-refractivity contribution in [1.29, 1.82) is 0 Å². The van der Waals surface area contributed by atoms with Gasteiger partial charge in [0.15, 0.2) is 0 Å². The van der Waals surface area contributed by atoms with E-state index in [2.05, 4.69) is 4.99 Å². The minimum atomic E-state index is -0.718. The first-order valence-corrected chi connectivity index (χ1v) is 4.69. The standard InChI is InChI=1S/C10H21NO/c1-6-10(12,8(2)3)7-11-9(4)5/h7-9,12H,6H2,1-5H3. The summed E-state index contributed by atoms with van der Waals surface area (Å²) in [5.41, 5.74) is -0.718. The van der Waals surface area contributed by atoms with Crippen molar-refractivity contribution < 1.29 is 5.11 Å². The molecule has 0 heterocycles. The summed E-state index contributed by atoms with van der Waals surface area (Å²) in [6.45, 7) is 10.0. The Balaban J connectivity index is 4.33. The predicted molar refractivity (Wildman–Crippen MR) is 53.7 cm³/mol. The lowest BCUT2D eigenvalue weighted by atomic mass is 9.89. The molecule has 0 aromatic heterocycles. The molecule has 2 heteroatoms. The van der Waals surface area contributed by atoms with Gasteiger partial charge < -0.3 is 5.11 Å². The SMILES string of the molecule is CCC(O)(C=NC(C)C)C(C)C. The van der Waals surface area contributed by atoms with Crippen LogP contribution in [0.25, 0.3) is 0 Å². The van der Waals surface area contributed by atoms with E-state index < -0.39 is 5.60 Å². The van der Waals surface area contributed by atoms with E-state index in [9.17, 15) is 5.11 Å². The van der Waals surface area contributed by atoms with Crippen LogP contribution >= 0.6 is 0 Å². The van der Waals surface area contributed by atoms with E-state index in [-0.39, 0.29) is 12.0 Å². The van der Waals surface area contributed by atoms with Crippen LogP contribution in [0.3, 0.4) is 0 Å². The van der Waals surface area contributed by atoms with Gasteiger partial charge in [-0.2, -0.15) is 0 Å². The fourth-order valence-electron chi connectivity index (χ4n) is 0.927. The second-order valence-corrected chi connectivity index (χ2v) is 3.87. The molecule has 0 fully saturated rings. The maximum Gasteiger partial charge on any atom is 0.101 e. The summed E-state index contributed by atoms with van der Waals surface area (Å²) in [6.07, 6.45) is 2.42. The molecular weight excluding hydrogens is 150 g/mol. The normalized spacial score (nSPS) is 17.7. The minimum absolute atomic E-state index is 0.227. The first-order chi connectivity index (χ1) is 5.42. The number of hydrogen-bond donors (Lipinski definition) is 1. The second-order valence-electron chi connectivity index (χ2n) is 3.87. The molecule has 0 saturated carbocycles. The van der Waals surface area contributed by atoms with Crippen LogP contribution in [0, 0.1) is 5.92 Å². The van der Waals surface area contributed by atoms with Gasteiger partial charge in [-0.3, -0.25) is 4.99 Å². The van der Waals surface area contributed by atoms with Gasteiger partial charge in [-0.1, -0.05) is 20.8 Å². The predicted octanol–water partition coefficient (Wildman–Crippen LogP) is 2.26. The third kappa shape index (κ3) is 3.35. The van der Waals surface area contributed by atoms with Crippen molar-refractivity contribution in [1.82, 2.24) is 0 Å². The zero-order valence-corrected chi connectivity index (χ0v) is 8.83. The quantitative estimate of drug-likeness (QED) is 0.647. The van der Waals surface area contributed by atoms with E-state index in [0.717, 1.165) is 6.42 Å². The number of aliphatic hydroxyl groups is 1. The van der Waals surface area contributed by atoms with Crippen molar-refractivity contribution in [2.75, 3.05) is 0 Å². The highest BCUT2D eigenvalue weighted by molar-refractivity contribution is 5.68. The van der Waals surface area contributed by atoms with Gasteiger partial charge in [-0.05, 0) is 26.2 Å². The lowest BCUT2D eigenvalue weighted by Gasteiger charge is -2.26. The average Bonchev–Trinajstić information content (AvgIpc) is 1.99. The summed E-state index contributed by atoms with van der Waals surface area (Å²) in [6, 6.07) is 0.266. The fraction of sp³-hybridized carbons (Fsp3) is 0.900. The van der Waals surface area contributed by atoms with E-state index >= 15 is 0 Å². The molecule has 2 nitrogen and oxygen atoms in total. The molecule has 0 rings (SSSR count). The van der Waals surface area contributed by atoms with Gasteiger partial charge in [0, 0.05) is 12.3 Å². The molecule has 1 unspecified atom stereocenters. The Kier molecular flexibility index (Phi) is 4.46. The van der Waals surface area contributed by atoms with Crippen molar-refractivity contribution >= 4 is 6.21 Å². The third-order valence-electron chi connectivity index (χ3n) is 2.16. The monoisotopic (exact) mass is 171 g/mol. The Labute approximate surface area is 75.7 Å². The van der Waals surface area contributed by atoms with Crippen LogP contribution in [0.4, 0.5) is 0 Å². The highest BCUT2D eigenvalue weighted by Gasteiger charge is 2.26. The van der Waals surface area contributed by atoms with Gasteiger partial charge in [-0.15, -0.1) is 0 Å². The number of rotatable bonds is 4. The fourth-order valence-corrected chi connectivity index (χ4v) is 0.927. The van der Waals surface area contributed by atoms with Crippen LogP contribution in [0.1, 0.15) is 41.0 Å². The Morgan fingerprint density at radius 3 is 2.08 bits per heavy atom. The van der Waals surface area contributed by atoms with Crippen molar-refractivity contribution in [2.45, 2.75) is 52.7 Å². The van der Waals surface area contributed by atoms with Gasteiger partial charge in [0.05, 0.1) is 0 Å². The molecule has 0 bridgehead atoms. The maximum atomic E-state index is 10.00. The van der Waals surface area contributed by atoms with Gasteiger partial charge in [0.2, 0.25) is 0 Å². The first-order valence-electron chi connectivity index (χ1n) is 4.69. The summed E-state index contributed by atoms with van der Waals surface area (Å²) in [7, 11) is 0. The molecule has 0 aliphatic carbocycles. The van der Waals surface area contributed by atoms with E-state index in [0.29, 0.717) is 0 Å². The Bertz CT molecular complexity index is 152. The molecule has 0 spiro atoms. The average molecular weight is 171 g/mol. The van der Waals surface area contributed by atoms with E-state index in [1.54, 1.807) is 6.21 Å². The van der Waals surface area contributed by atoms with Crippen molar-refractivity contribution in [2.24, 2.45) is 10.9 Å². The van der Waals surface area contributed by atoms with Crippen LogP contribution in [0.15, 0.2) is 4.99 Å². The molecular formula is C10H21NO. The summed E-state index contributed by atoms with van der Waals surface area (Å²) in [4.78, 5) is 4.21. The van der Waals surface area contributed by atoms with Gasteiger partial charge in [0.1, 0.15) is 5.60 Å². The molecule has 1 atom stereocenters. The molecule has 0 aliphatic rings. The summed E-state index contributed by atoms with van der Waals surface area (Å²) in [5.74, 6) is 0.227. The molecule has 0 aliphatic heterocycles. The third-order valence-corrected chi connectivity index (χ3v) is 2.16. The van der Waals surface area contributed by atoms with Crippen LogP contribution in [0.5, 0.6) is 0 Å². The molecule has 0 saturated heterocycles. The highest BCUT2D eigenvalue weighted by Crippen LogP contribution is 2.18. The molecule has 72 valence electrons. The highest BCUT2D eigenvalue weighted by atomic mass is 16.3. The number of nitrogens with zero attached hydrogens (tertiary/aromatic N) is 1. The first kappa shape index (κ1) is 11.6. The summed E-state index contributed by atoms with van der Waals surface area (Å²) < 4.78 is 0. The Morgan fingerprint density at radius 2 is 1.83 bits per heavy atom. The number of aliphatic imine (C=N–C) groups is 1. The van der Waals surface area contributed by atoms with Crippen LogP contribution < -0.4 is 0 Å². The molecule has 0 aromatic carbocycles. The lowest BCUT2D eigenvalue weighted by molar-refractivity contribution is 0.0644. The number of hydrogen-bond acceptors (Lipinski definition) is 2. The van der Waals surface area contributed by atoms with Gasteiger partial charge >= 0.3 is 0 Å².